The fourth-order valence-corrected chi connectivity index (χ4v) is 3.24. The third-order valence-electron chi connectivity index (χ3n) is 3.29. The van der Waals surface area contributed by atoms with Gasteiger partial charge in [0, 0.05) is 25.9 Å². The molecule has 1 amide bonds. The van der Waals surface area contributed by atoms with Gasteiger partial charge in [-0.2, -0.15) is 0 Å². The zero-order valence-corrected chi connectivity index (χ0v) is 11.3. The van der Waals surface area contributed by atoms with Gasteiger partial charge in [-0.1, -0.05) is 12.1 Å². The lowest BCUT2D eigenvalue weighted by atomic mass is 10.1. The van der Waals surface area contributed by atoms with Crippen LogP contribution in [0.25, 0.3) is 10.2 Å². The summed E-state index contributed by atoms with van der Waals surface area (Å²) in [6.07, 6.45) is 1.90. The van der Waals surface area contributed by atoms with Gasteiger partial charge in [0.2, 0.25) is 5.78 Å². The summed E-state index contributed by atoms with van der Waals surface area (Å²) < 4.78 is 1.17. The number of carbonyl (C=O) groups is 2. The third-order valence-corrected chi connectivity index (χ3v) is 4.39. The monoisotopic (exact) mass is 274 g/mol. The number of para-hydroxylation sites is 1. The van der Waals surface area contributed by atoms with Crippen molar-refractivity contribution in [2.45, 2.75) is 19.3 Å². The minimum absolute atomic E-state index is 0.254. The maximum absolute atomic E-state index is 11.7. The average Bonchev–Trinajstić information content (AvgIpc) is 2.83. The number of fused-ring (bicyclic) bond motifs is 1. The Morgan fingerprint density at radius 3 is 2.95 bits per heavy atom. The van der Waals surface area contributed by atoms with Crippen LogP contribution in [-0.4, -0.2) is 34.7 Å². The molecule has 1 fully saturated rings. The highest BCUT2D eigenvalue weighted by atomic mass is 32.1. The highest BCUT2D eigenvalue weighted by Crippen LogP contribution is 2.22. The van der Waals surface area contributed by atoms with Crippen LogP contribution in [-0.2, 0) is 16.0 Å². The van der Waals surface area contributed by atoms with Gasteiger partial charge in [-0.15, -0.1) is 11.3 Å². The van der Waals surface area contributed by atoms with Crippen LogP contribution in [0.1, 0.15) is 17.8 Å². The van der Waals surface area contributed by atoms with E-state index in [1.807, 2.05) is 24.3 Å². The predicted octanol–water partition coefficient (Wildman–Crippen LogP) is 2.03. The van der Waals surface area contributed by atoms with Gasteiger partial charge in [-0.25, -0.2) is 4.98 Å². The summed E-state index contributed by atoms with van der Waals surface area (Å²) in [5, 5.41) is 1.02. The zero-order chi connectivity index (χ0) is 13.2. The summed E-state index contributed by atoms with van der Waals surface area (Å²) in [5.74, 6) is -0.581. The lowest BCUT2D eigenvalue weighted by Gasteiger charge is -2.25. The highest BCUT2D eigenvalue weighted by Gasteiger charge is 2.25. The van der Waals surface area contributed by atoms with Crippen molar-refractivity contribution in [3.63, 3.8) is 0 Å². The number of rotatable bonds is 3. The van der Waals surface area contributed by atoms with E-state index in [0.717, 1.165) is 23.4 Å². The molecule has 3 rings (SSSR count). The first-order valence-corrected chi connectivity index (χ1v) is 7.22. The molecule has 2 aromatic rings. The van der Waals surface area contributed by atoms with Gasteiger partial charge < -0.3 is 4.90 Å². The Morgan fingerprint density at radius 2 is 2.11 bits per heavy atom. The number of amides is 1. The SMILES string of the molecule is O=C1CCCN(CCc2nc3ccccc3s2)C1=O. The minimum atomic E-state index is -0.327. The maximum Gasteiger partial charge on any atom is 0.289 e. The topological polar surface area (TPSA) is 50.3 Å². The van der Waals surface area contributed by atoms with Crippen molar-refractivity contribution in [2.24, 2.45) is 0 Å². The van der Waals surface area contributed by atoms with Crippen molar-refractivity contribution < 1.29 is 9.59 Å². The lowest BCUT2D eigenvalue weighted by Crippen LogP contribution is -2.42. The fourth-order valence-electron chi connectivity index (χ4n) is 2.29. The predicted molar refractivity (Wildman–Crippen MR) is 74.1 cm³/mol. The van der Waals surface area contributed by atoms with E-state index in [9.17, 15) is 9.59 Å². The van der Waals surface area contributed by atoms with Crippen LogP contribution in [0.4, 0.5) is 0 Å². The van der Waals surface area contributed by atoms with Crippen LogP contribution < -0.4 is 0 Å². The number of hydrogen-bond donors (Lipinski definition) is 0. The molecule has 0 bridgehead atoms. The summed E-state index contributed by atoms with van der Waals surface area (Å²) in [6.45, 7) is 1.28. The molecule has 1 aliphatic heterocycles. The van der Waals surface area contributed by atoms with Crippen molar-refractivity contribution >= 4 is 33.2 Å². The van der Waals surface area contributed by atoms with E-state index < -0.39 is 0 Å². The number of piperidine rings is 1. The van der Waals surface area contributed by atoms with Crippen LogP contribution >= 0.6 is 11.3 Å². The molecule has 0 N–H and O–H groups in total. The minimum Gasteiger partial charge on any atom is -0.336 e. The number of ketones is 1. The average molecular weight is 274 g/mol. The van der Waals surface area contributed by atoms with Gasteiger partial charge in [0.15, 0.2) is 0 Å². The van der Waals surface area contributed by atoms with Crippen LogP contribution in [0.15, 0.2) is 24.3 Å². The molecule has 0 radical (unpaired) electrons. The van der Waals surface area contributed by atoms with E-state index in [1.165, 1.54) is 4.70 Å². The second-order valence-corrected chi connectivity index (χ2v) is 5.76. The maximum atomic E-state index is 11.7. The van der Waals surface area contributed by atoms with Crippen LogP contribution in [0, 0.1) is 0 Å². The Hall–Kier alpha value is -1.75. The molecule has 1 saturated heterocycles. The van der Waals surface area contributed by atoms with Gasteiger partial charge in [0.1, 0.15) is 0 Å². The molecule has 4 nitrogen and oxygen atoms in total. The number of nitrogens with zero attached hydrogens (tertiary/aromatic N) is 2. The summed E-state index contributed by atoms with van der Waals surface area (Å²) in [7, 11) is 0. The molecular formula is C14H14N2O2S. The molecule has 0 unspecified atom stereocenters. The van der Waals surface area contributed by atoms with E-state index in [2.05, 4.69) is 4.98 Å². The Morgan fingerprint density at radius 1 is 1.26 bits per heavy atom. The van der Waals surface area contributed by atoms with Gasteiger partial charge in [-0.3, -0.25) is 9.59 Å². The van der Waals surface area contributed by atoms with Gasteiger partial charge >= 0.3 is 0 Å². The Labute approximate surface area is 115 Å². The molecule has 19 heavy (non-hydrogen) atoms. The largest absolute Gasteiger partial charge is 0.336 e. The number of aromatic nitrogens is 1. The van der Waals surface area contributed by atoms with Gasteiger partial charge in [-0.05, 0) is 18.6 Å². The Bertz CT molecular complexity index is 602. The van der Waals surface area contributed by atoms with E-state index >= 15 is 0 Å². The van der Waals surface area contributed by atoms with Crippen LogP contribution in [0.2, 0.25) is 0 Å². The normalized spacial score (nSPS) is 16.3. The van der Waals surface area contributed by atoms with Crippen LogP contribution in [0.3, 0.4) is 0 Å². The molecule has 0 saturated carbocycles. The molecule has 0 aliphatic carbocycles. The molecule has 1 aliphatic rings. The summed E-state index contributed by atoms with van der Waals surface area (Å²) in [6, 6.07) is 8.01. The molecule has 0 atom stereocenters. The molecule has 2 heterocycles. The number of thiazole rings is 1. The van der Waals surface area contributed by atoms with E-state index in [-0.39, 0.29) is 11.7 Å². The number of carbonyl (C=O) groups excluding carboxylic acids is 2. The van der Waals surface area contributed by atoms with Crippen LogP contribution in [0.5, 0.6) is 0 Å². The first-order chi connectivity index (χ1) is 9.24. The van der Waals surface area contributed by atoms with Gasteiger partial charge in [0.25, 0.3) is 5.91 Å². The standard InChI is InChI=1S/C14H14N2O2S/c17-11-5-3-8-16(14(11)18)9-7-13-15-10-4-1-2-6-12(10)19-13/h1-2,4,6H,3,5,7-9H2. The second kappa shape index (κ2) is 5.09. The highest BCUT2D eigenvalue weighted by molar-refractivity contribution is 7.18. The number of benzene rings is 1. The molecule has 5 heteroatoms. The molecule has 1 aromatic heterocycles. The lowest BCUT2D eigenvalue weighted by molar-refractivity contribution is -0.147. The van der Waals surface area contributed by atoms with Crippen molar-refractivity contribution in [1.29, 1.82) is 0 Å². The van der Waals surface area contributed by atoms with Gasteiger partial charge in [0.05, 0.1) is 15.2 Å². The van der Waals surface area contributed by atoms with Crippen molar-refractivity contribution in [3.8, 4) is 0 Å². The molecular weight excluding hydrogens is 260 g/mol. The summed E-state index contributed by atoms with van der Waals surface area (Å²) in [5.41, 5.74) is 1.00. The second-order valence-electron chi connectivity index (χ2n) is 4.64. The Kier molecular flexibility index (Phi) is 3.29. The van der Waals surface area contributed by atoms with Crippen molar-refractivity contribution in [2.75, 3.05) is 13.1 Å². The number of Topliss-reactive ketones (excluding diaryl/α,β-unsaturated/α-hetero) is 1. The van der Waals surface area contributed by atoms with E-state index in [1.54, 1.807) is 16.2 Å². The first kappa shape index (κ1) is 12.3. The first-order valence-electron chi connectivity index (χ1n) is 6.40. The van der Waals surface area contributed by atoms with E-state index in [0.29, 0.717) is 19.5 Å². The molecule has 98 valence electrons. The zero-order valence-electron chi connectivity index (χ0n) is 10.5. The molecule has 0 spiro atoms. The number of hydrogen-bond acceptors (Lipinski definition) is 4. The number of likely N-dealkylation sites (tertiary alicyclic amines) is 1. The summed E-state index contributed by atoms with van der Waals surface area (Å²) in [4.78, 5) is 29.2. The summed E-state index contributed by atoms with van der Waals surface area (Å²) >= 11 is 1.65. The smallest absolute Gasteiger partial charge is 0.289 e. The van der Waals surface area contributed by atoms with E-state index in [4.69, 9.17) is 0 Å². The quantitative estimate of drug-likeness (QED) is 0.805. The third kappa shape index (κ3) is 2.51. The van der Waals surface area contributed by atoms with Crippen molar-refractivity contribution in [3.05, 3.63) is 29.3 Å². The molecule has 1 aromatic carbocycles. The fraction of sp³-hybridized carbons (Fsp3) is 0.357. The Balaban J connectivity index is 1.68. The van der Waals surface area contributed by atoms with Crippen molar-refractivity contribution in [1.82, 2.24) is 9.88 Å².